The topological polar surface area (TPSA) is 116 Å². The number of hydrogen-bond donors (Lipinski definition) is 2. The molecule has 11 nitrogen and oxygen atoms in total. The number of likely N-dealkylation sites (tertiary alicyclic amines) is 1. The van der Waals surface area contributed by atoms with Crippen LogP contribution in [0.4, 0.5) is 5.82 Å². The van der Waals surface area contributed by atoms with E-state index in [0.29, 0.717) is 17.0 Å². The number of anilines is 1. The lowest BCUT2D eigenvalue weighted by Crippen LogP contribution is -2.48. The van der Waals surface area contributed by atoms with Crippen LogP contribution in [0.15, 0.2) is 183 Å². The Morgan fingerprint density at radius 1 is 0.615 bits per heavy atom. The van der Waals surface area contributed by atoms with Crippen molar-refractivity contribution in [2.75, 3.05) is 39.2 Å². The van der Waals surface area contributed by atoms with Gasteiger partial charge in [0.05, 0.1) is 33.2 Å². The van der Waals surface area contributed by atoms with Gasteiger partial charge in [-0.15, -0.1) is 0 Å². The number of hydrogen-bond acceptors (Lipinski definition) is 10. The van der Waals surface area contributed by atoms with Gasteiger partial charge in [-0.25, -0.2) is 15.0 Å². The number of benzene rings is 6. The van der Waals surface area contributed by atoms with Crippen molar-refractivity contribution in [3.8, 4) is 11.5 Å². The van der Waals surface area contributed by atoms with Gasteiger partial charge in [0.1, 0.15) is 41.2 Å². The largest absolute Gasteiger partial charge is 0.497 e. The van der Waals surface area contributed by atoms with Crippen LogP contribution in [-0.4, -0.2) is 81.7 Å². The van der Waals surface area contributed by atoms with E-state index < -0.39 is 29.6 Å². The first-order chi connectivity index (χ1) is 32.0. The highest BCUT2D eigenvalue weighted by atomic mass is 16.6. The summed E-state index contributed by atoms with van der Waals surface area (Å²) in [6.45, 7) is 1.88. The lowest BCUT2D eigenvalue weighted by Gasteiger charge is -2.38. The van der Waals surface area contributed by atoms with E-state index in [9.17, 15) is 5.11 Å². The minimum atomic E-state index is -1.01. The highest BCUT2D eigenvalue weighted by Crippen LogP contribution is 2.45. The number of ether oxygens (including phenoxy) is 4. The lowest BCUT2D eigenvalue weighted by molar-refractivity contribution is -0.0898. The predicted octanol–water partition coefficient (Wildman–Crippen LogP) is 8.98. The van der Waals surface area contributed by atoms with Gasteiger partial charge in [-0.05, 0) is 83.6 Å². The van der Waals surface area contributed by atoms with E-state index >= 15 is 0 Å². The van der Waals surface area contributed by atoms with Gasteiger partial charge in [-0.3, -0.25) is 9.47 Å². The van der Waals surface area contributed by atoms with E-state index in [1.54, 1.807) is 26.9 Å². The van der Waals surface area contributed by atoms with E-state index in [1.165, 1.54) is 0 Å². The molecular formula is C54H52N6O5. The molecule has 8 aromatic rings. The van der Waals surface area contributed by atoms with E-state index in [-0.39, 0.29) is 12.6 Å². The molecule has 2 aromatic heterocycles. The summed E-state index contributed by atoms with van der Waals surface area (Å²) in [4.78, 5) is 17.0. The summed E-state index contributed by atoms with van der Waals surface area (Å²) in [5.41, 5.74) is 5.02. The number of aliphatic hydroxyl groups excluding tert-OH is 1. The summed E-state index contributed by atoms with van der Waals surface area (Å²) in [6.07, 6.45) is 3.06. The summed E-state index contributed by atoms with van der Waals surface area (Å²) >= 11 is 0. The normalized spacial score (nSPS) is 19.1. The summed E-state index contributed by atoms with van der Waals surface area (Å²) in [5, 5.41) is 16.4. The maximum atomic E-state index is 12.5. The molecule has 4 atom stereocenters. The van der Waals surface area contributed by atoms with Gasteiger partial charge >= 0.3 is 0 Å². The Labute approximate surface area is 379 Å². The molecule has 2 N–H and O–H groups in total. The van der Waals surface area contributed by atoms with Crippen molar-refractivity contribution in [3.63, 3.8) is 0 Å². The van der Waals surface area contributed by atoms with E-state index in [0.717, 1.165) is 70.8 Å². The summed E-state index contributed by atoms with van der Waals surface area (Å²) in [6, 6.07) is 57.0. The Balaban J connectivity index is 1.04. The van der Waals surface area contributed by atoms with Crippen LogP contribution in [0, 0.1) is 0 Å². The van der Waals surface area contributed by atoms with Crippen LogP contribution in [0.5, 0.6) is 11.5 Å². The Hall–Kier alpha value is -6.89. The highest BCUT2D eigenvalue weighted by molar-refractivity contribution is 5.84. The third kappa shape index (κ3) is 7.70. The lowest BCUT2D eigenvalue weighted by atomic mass is 9.77. The zero-order valence-corrected chi connectivity index (χ0v) is 36.5. The van der Waals surface area contributed by atoms with Crippen LogP contribution in [-0.2, 0) is 20.6 Å². The van der Waals surface area contributed by atoms with E-state index in [4.69, 9.17) is 33.9 Å². The smallest absolute Gasteiger partial charge is 0.167 e. The molecule has 0 aliphatic carbocycles. The van der Waals surface area contributed by atoms with Crippen LogP contribution in [0.1, 0.15) is 52.5 Å². The number of methoxy groups -OCH3 is 2. The van der Waals surface area contributed by atoms with Crippen LogP contribution < -0.4 is 14.8 Å². The Bertz CT molecular complexity index is 2710. The van der Waals surface area contributed by atoms with Gasteiger partial charge < -0.3 is 29.4 Å². The van der Waals surface area contributed by atoms with Crippen molar-refractivity contribution in [2.24, 2.45) is 0 Å². The van der Waals surface area contributed by atoms with Gasteiger partial charge in [-0.2, -0.15) is 0 Å². The Morgan fingerprint density at radius 2 is 1.09 bits per heavy atom. The van der Waals surface area contributed by atoms with Gasteiger partial charge in [0.15, 0.2) is 23.2 Å². The Morgan fingerprint density at radius 3 is 1.62 bits per heavy atom. The van der Waals surface area contributed by atoms with Crippen LogP contribution in [0.3, 0.4) is 0 Å². The zero-order chi connectivity index (χ0) is 44.2. The van der Waals surface area contributed by atoms with Gasteiger partial charge in [0.2, 0.25) is 0 Å². The molecule has 0 bridgehead atoms. The molecule has 2 saturated heterocycles. The molecule has 0 amide bonds. The van der Waals surface area contributed by atoms with Crippen molar-refractivity contribution in [1.29, 1.82) is 0 Å². The molecule has 328 valence electrons. The average molecular weight is 865 g/mol. The van der Waals surface area contributed by atoms with Crippen molar-refractivity contribution in [2.45, 2.75) is 48.5 Å². The summed E-state index contributed by atoms with van der Waals surface area (Å²) < 4.78 is 27.4. The molecule has 0 saturated carbocycles. The third-order valence-corrected chi connectivity index (χ3v) is 13.1. The molecule has 2 aliphatic heterocycles. The van der Waals surface area contributed by atoms with Crippen molar-refractivity contribution < 1.29 is 24.1 Å². The quantitative estimate of drug-likeness (QED) is 0.0969. The average Bonchev–Trinajstić information content (AvgIpc) is 4.14. The number of aliphatic hydroxyl groups is 1. The molecule has 6 aromatic carbocycles. The molecule has 4 unspecified atom stereocenters. The molecule has 10 rings (SSSR count). The highest BCUT2D eigenvalue weighted by Gasteiger charge is 2.50. The van der Waals surface area contributed by atoms with Crippen LogP contribution >= 0.6 is 0 Å². The minimum Gasteiger partial charge on any atom is -0.497 e. The molecule has 4 heterocycles. The number of aromatic nitrogens is 4. The molecule has 2 fully saturated rings. The maximum absolute atomic E-state index is 12.5. The van der Waals surface area contributed by atoms with Gasteiger partial charge in [-0.1, -0.05) is 146 Å². The second kappa shape index (κ2) is 18.3. The number of nitrogens with one attached hydrogen (secondary N) is 1. The first-order valence-electron chi connectivity index (χ1n) is 22.2. The van der Waals surface area contributed by atoms with Gasteiger partial charge in [0, 0.05) is 0 Å². The number of nitrogens with zero attached hydrogens (tertiary/aromatic N) is 5. The number of rotatable bonds is 15. The maximum Gasteiger partial charge on any atom is 0.167 e. The summed E-state index contributed by atoms with van der Waals surface area (Å²) in [7, 11) is 3.34. The monoisotopic (exact) mass is 864 g/mol. The SMILES string of the molecule is COc1ccc(C(Nc2ncnc3c2ncn3C2OC(COC(c3ccccc3)(c3ccccc3)c3ccc(OC)cc3)C(N3CCCC3)C2O)(c2ccccc2)c2ccccc2)cc1. The molecule has 0 radical (unpaired) electrons. The predicted molar refractivity (Wildman–Crippen MR) is 251 cm³/mol. The van der Waals surface area contributed by atoms with Crippen molar-refractivity contribution >= 4 is 17.0 Å². The fraction of sp³-hybridized carbons (Fsp3) is 0.241. The fourth-order valence-electron chi connectivity index (χ4n) is 9.96. The van der Waals surface area contributed by atoms with Gasteiger partial charge in [0.25, 0.3) is 0 Å². The number of fused-ring (bicyclic) bond motifs is 1. The van der Waals surface area contributed by atoms with Crippen LogP contribution in [0.2, 0.25) is 0 Å². The molecule has 65 heavy (non-hydrogen) atoms. The first kappa shape index (κ1) is 42.1. The van der Waals surface area contributed by atoms with E-state index in [1.807, 2.05) is 102 Å². The molecule has 11 heteroatoms. The van der Waals surface area contributed by atoms with E-state index in [2.05, 4.69) is 83.0 Å². The Kier molecular flexibility index (Phi) is 11.9. The standard InChI is InChI=1S/C54H52N6O5/c1-62-44-29-25-40(26-30-44)53(38-17-7-3-8-18-38,39-19-9-4-10-20-39)58-50-47-51(56-36-55-50)60(37-57-47)52-49(61)48(59-33-15-16-34-59)46(65-52)35-64-54(41-21-11-5-12-22-41,42-23-13-6-14-24-42)43-27-31-45(63-2)32-28-43/h3-14,17-32,36-37,46,48-49,52,61H,15-16,33-35H2,1-2H3,(H,55,56,58). The second-order valence-electron chi connectivity index (χ2n) is 16.6. The van der Waals surface area contributed by atoms with Crippen LogP contribution in [0.25, 0.3) is 11.2 Å². The molecule has 2 aliphatic rings. The molecule has 0 spiro atoms. The number of imidazole rings is 1. The first-order valence-corrected chi connectivity index (χ1v) is 22.2. The minimum absolute atomic E-state index is 0.178. The fourth-order valence-corrected chi connectivity index (χ4v) is 9.96. The van der Waals surface area contributed by atoms with Crippen molar-refractivity contribution in [3.05, 3.63) is 216 Å². The second-order valence-corrected chi connectivity index (χ2v) is 16.6. The zero-order valence-electron chi connectivity index (χ0n) is 36.5. The summed E-state index contributed by atoms with van der Waals surface area (Å²) in [5.74, 6) is 2.03. The third-order valence-electron chi connectivity index (χ3n) is 13.1. The van der Waals surface area contributed by atoms with Crippen molar-refractivity contribution in [1.82, 2.24) is 24.4 Å². The molecular weight excluding hydrogens is 813 g/mol.